The van der Waals surface area contributed by atoms with Crippen molar-refractivity contribution in [2.75, 3.05) is 7.11 Å². The molecule has 2 aromatic carbocycles. The molecule has 4 rings (SSSR count). The second-order valence-corrected chi connectivity index (χ2v) is 7.37. The SMILES string of the molecule is COc1ccccc1-c1nnc(SC(C)c2nnc(-c3ccc([N+](=O)[O-])cc3)o2)o1. The number of para-hydroxylation sites is 1. The Bertz CT molecular complexity index is 1170. The van der Waals surface area contributed by atoms with Crippen molar-refractivity contribution in [1.29, 1.82) is 0 Å². The van der Waals surface area contributed by atoms with Crippen molar-refractivity contribution >= 4 is 17.4 Å². The highest BCUT2D eigenvalue weighted by Gasteiger charge is 2.21. The first-order valence-electron chi connectivity index (χ1n) is 8.77. The van der Waals surface area contributed by atoms with Crippen LogP contribution in [0, 0.1) is 10.1 Å². The Hall–Kier alpha value is -3.73. The molecule has 0 fully saturated rings. The van der Waals surface area contributed by atoms with E-state index in [0.717, 1.165) is 0 Å². The zero-order valence-electron chi connectivity index (χ0n) is 15.9. The standard InChI is InChI=1S/C19H15N5O5S/c1-11(16-20-21-17(28-16)12-7-9-13(10-8-12)24(25)26)30-19-23-22-18(29-19)14-5-3-4-6-15(14)27-2/h3-11H,1-2H3. The molecule has 1 unspecified atom stereocenters. The molecule has 0 saturated heterocycles. The minimum Gasteiger partial charge on any atom is -0.496 e. The van der Waals surface area contributed by atoms with Crippen LogP contribution in [0.1, 0.15) is 18.1 Å². The van der Waals surface area contributed by atoms with Crippen molar-refractivity contribution in [1.82, 2.24) is 20.4 Å². The maximum absolute atomic E-state index is 10.8. The molecule has 152 valence electrons. The Morgan fingerprint density at radius 2 is 1.73 bits per heavy atom. The monoisotopic (exact) mass is 425 g/mol. The smallest absolute Gasteiger partial charge is 0.277 e. The van der Waals surface area contributed by atoms with E-state index in [1.807, 2.05) is 31.2 Å². The molecule has 2 aromatic heterocycles. The highest BCUT2D eigenvalue weighted by atomic mass is 32.2. The average Bonchev–Trinajstić information content (AvgIpc) is 3.44. The second-order valence-electron chi connectivity index (χ2n) is 6.08. The molecule has 0 aliphatic heterocycles. The quantitative estimate of drug-likeness (QED) is 0.236. The van der Waals surface area contributed by atoms with E-state index in [0.29, 0.717) is 33.9 Å². The number of ether oxygens (including phenoxy) is 1. The van der Waals surface area contributed by atoms with Gasteiger partial charge in [0.25, 0.3) is 16.8 Å². The normalized spacial score (nSPS) is 11.9. The summed E-state index contributed by atoms with van der Waals surface area (Å²) >= 11 is 1.27. The average molecular weight is 425 g/mol. The number of rotatable bonds is 7. The van der Waals surface area contributed by atoms with E-state index in [1.165, 1.54) is 23.9 Å². The van der Waals surface area contributed by atoms with Gasteiger partial charge in [-0.15, -0.1) is 20.4 Å². The highest BCUT2D eigenvalue weighted by Crippen LogP contribution is 2.37. The fraction of sp³-hybridized carbons (Fsp3) is 0.158. The van der Waals surface area contributed by atoms with E-state index in [-0.39, 0.29) is 16.8 Å². The fourth-order valence-electron chi connectivity index (χ4n) is 2.63. The van der Waals surface area contributed by atoms with Crippen molar-refractivity contribution in [3.05, 3.63) is 64.5 Å². The lowest BCUT2D eigenvalue weighted by Gasteiger charge is -2.04. The Balaban J connectivity index is 1.48. The third-order valence-corrected chi connectivity index (χ3v) is 5.06. The zero-order chi connectivity index (χ0) is 21.1. The molecular formula is C19H15N5O5S. The molecule has 0 bridgehead atoms. The molecule has 30 heavy (non-hydrogen) atoms. The topological polar surface area (TPSA) is 130 Å². The Labute approximate surface area is 174 Å². The molecule has 4 aromatic rings. The summed E-state index contributed by atoms with van der Waals surface area (Å²) in [7, 11) is 1.57. The third kappa shape index (κ3) is 4.01. The van der Waals surface area contributed by atoms with Gasteiger partial charge < -0.3 is 13.6 Å². The van der Waals surface area contributed by atoms with Gasteiger partial charge in [-0.3, -0.25) is 10.1 Å². The van der Waals surface area contributed by atoms with Gasteiger partial charge >= 0.3 is 0 Å². The zero-order valence-corrected chi connectivity index (χ0v) is 16.7. The molecule has 0 spiro atoms. The first-order chi connectivity index (χ1) is 14.5. The van der Waals surface area contributed by atoms with Gasteiger partial charge in [0.1, 0.15) is 5.75 Å². The summed E-state index contributed by atoms with van der Waals surface area (Å²) < 4.78 is 16.8. The molecule has 0 radical (unpaired) electrons. The van der Waals surface area contributed by atoms with Crippen LogP contribution in [0.15, 0.2) is 62.6 Å². The molecule has 2 heterocycles. The lowest BCUT2D eigenvalue weighted by Crippen LogP contribution is -1.88. The van der Waals surface area contributed by atoms with Gasteiger partial charge in [0.15, 0.2) is 0 Å². The van der Waals surface area contributed by atoms with E-state index in [9.17, 15) is 10.1 Å². The molecule has 0 aliphatic carbocycles. The van der Waals surface area contributed by atoms with Gasteiger partial charge in [-0.1, -0.05) is 23.9 Å². The predicted octanol–water partition coefficient (Wildman–Crippen LogP) is 4.56. The van der Waals surface area contributed by atoms with Crippen LogP contribution in [0.25, 0.3) is 22.9 Å². The molecule has 0 amide bonds. The van der Waals surface area contributed by atoms with Crippen LogP contribution in [0.5, 0.6) is 5.75 Å². The van der Waals surface area contributed by atoms with Crippen molar-refractivity contribution in [2.45, 2.75) is 17.4 Å². The summed E-state index contributed by atoms with van der Waals surface area (Å²) in [5.74, 6) is 1.62. The summed E-state index contributed by atoms with van der Waals surface area (Å²) in [5, 5.41) is 27.1. The molecule has 10 nitrogen and oxygen atoms in total. The van der Waals surface area contributed by atoms with Crippen LogP contribution >= 0.6 is 11.8 Å². The lowest BCUT2D eigenvalue weighted by atomic mass is 10.2. The number of methoxy groups -OCH3 is 1. The summed E-state index contributed by atoms with van der Waals surface area (Å²) in [4.78, 5) is 10.3. The maximum atomic E-state index is 10.8. The van der Waals surface area contributed by atoms with E-state index >= 15 is 0 Å². The highest BCUT2D eigenvalue weighted by molar-refractivity contribution is 7.99. The van der Waals surface area contributed by atoms with Gasteiger partial charge in [-0.05, 0) is 31.2 Å². The molecule has 0 saturated carbocycles. The van der Waals surface area contributed by atoms with Gasteiger partial charge in [0.2, 0.25) is 11.8 Å². The van der Waals surface area contributed by atoms with Crippen LogP contribution in [0.3, 0.4) is 0 Å². The summed E-state index contributed by atoms with van der Waals surface area (Å²) in [6.07, 6.45) is 0. The van der Waals surface area contributed by atoms with E-state index in [1.54, 1.807) is 19.2 Å². The number of hydrogen-bond donors (Lipinski definition) is 0. The Morgan fingerprint density at radius 3 is 2.47 bits per heavy atom. The number of benzene rings is 2. The minimum atomic E-state index is -0.467. The van der Waals surface area contributed by atoms with Gasteiger partial charge in [0.05, 0.1) is 22.8 Å². The van der Waals surface area contributed by atoms with E-state index < -0.39 is 4.92 Å². The Morgan fingerprint density at radius 1 is 1.00 bits per heavy atom. The first kappa shape index (κ1) is 19.6. The van der Waals surface area contributed by atoms with Gasteiger partial charge in [-0.25, -0.2) is 0 Å². The summed E-state index contributed by atoms with van der Waals surface area (Å²) in [5.41, 5.74) is 1.28. The molecule has 0 aliphatic rings. The van der Waals surface area contributed by atoms with Crippen molar-refractivity contribution in [3.63, 3.8) is 0 Å². The van der Waals surface area contributed by atoms with E-state index in [4.69, 9.17) is 13.6 Å². The van der Waals surface area contributed by atoms with Crippen LogP contribution < -0.4 is 4.74 Å². The van der Waals surface area contributed by atoms with Crippen molar-refractivity contribution < 1.29 is 18.5 Å². The fourth-order valence-corrected chi connectivity index (χ4v) is 3.34. The molecule has 0 N–H and O–H groups in total. The summed E-state index contributed by atoms with van der Waals surface area (Å²) in [6, 6.07) is 13.2. The van der Waals surface area contributed by atoms with Crippen LogP contribution in [0.2, 0.25) is 0 Å². The second kappa shape index (κ2) is 8.33. The van der Waals surface area contributed by atoms with Crippen molar-refractivity contribution in [3.8, 4) is 28.7 Å². The number of hydrogen-bond acceptors (Lipinski definition) is 10. The van der Waals surface area contributed by atoms with Crippen LogP contribution in [-0.4, -0.2) is 32.4 Å². The third-order valence-electron chi connectivity index (χ3n) is 4.13. The molecular weight excluding hydrogens is 410 g/mol. The van der Waals surface area contributed by atoms with E-state index in [2.05, 4.69) is 20.4 Å². The maximum Gasteiger partial charge on any atom is 0.277 e. The number of nitro benzene ring substituents is 1. The molecule has 11 heteroatoms. The predicted molar refractivity (Wildman–Crippen MR) is 107 cm³/mol. The van der Waals surface area contributed by atoms with Crippen LogP contribution in [0.4, 0.5) is 5.69 Å². The number of non-ortho nitro benzene ring substituents is 1. The van der Waals surface area contributed by atoms with Gasteiger partial charge in [0, 0.05) is 17.7 Å². The number of nitro groups is 1. The van der Waals surface area contributed by atoms with Crippen LogP contribution in [-0.2, 0) is 0 Å². The Kier molecular flexibility index (Phi) is 5.44. The number of nitrogens with zero attached hydrogens (tertiary/aromatic N) is 5. The number of thioether (sulfide) groups is 1. The van der Waals surface area contributed by atoms with Gasteiger partial charge in [-0.2, -0.15) is 0 Å². The largest absolute Gasteiger partial charge is 0.496 e. The minimum absolute atomic E-state index is 0.00958. The summed E-state index contributed by atoms with van der Waals surface area (Å²) in [6.45, 7) is 1.87. The first-order valence-corrected chi connectivity index (χ1v) is 9.65. The lowest BCUT2D eigenvalue weighted by molar-refractivity contribution is -0.384. The molecule has 1 atom stereocenters. The number of aromatic nitrogens is 4. The van der Waals surface area contributed by atoms with Crippen molar-refractivity contribution in [2.24, 2.45) is 0 Å².